The van der Waals surface area contributed by atoms with Gasteiger partial charge in [0.15, 0.2) is 0 Å². The molecule has 23 aromatic carbocycles. The van der Waals surface area contributed by atoms with Crippen LogP contribution in [0.3, 0.4) is 0 Å². The van der Waals surface area contributed by atoms with Crippen LogP contribution >= 0.6 is 11.3 Å². The molecule has 28 aromatic rings. The SMILES string of the molecule is c1ccc(-c2ccc(-c3cccc(-c4ccnc(-n5c6ccccc6c6ccc(-c7ccccc7)cc65)n4)c3)cc2)cc1.c1ccc(N(c2ccc(-c3ccc4ccccc4c3)cc2)c2ccc(-n3c4ccc5ccccc5c4c4c5ccccc5ccc43)cc2)cc1.c1ccc(N(c2ccc(-c3ccc4ccccc4c3)cc2)c2ccc(-n3c4ccccc4c4c5sc6ccccc6c5ccc43)cc2)cc1. The van der Waals surface area contributed by atoms with E-state index in [1.54, 1.807) is 0 Å². The minimum Gasteiger partial charge on any atom is -0.311 e. The van der Waals surface area contributed by atoms with Gasteiger partial charge in [-0.3, -0.25) is 4.57 Å². The van der Waals surface area contributed by atoms with Crippen molar-refractivity contribution < 1.29 is 0 Å². The fraction of sp³-hybridized carbons (Fsp3) is 0. The van der Waals surface area contributed by atoms with Gasteiger partial charge in [0.2, 0.25) is 5.95 Å². The lowest BCUT2D eigenvalue weighted by Gasteiger charge is -2.26. The number of aromatic nitrogens is 5. The zero-order valence-electron chi connectivity index (χ0n) is 77.4. The molecule has 5 aromatic heterocycles. The van der Waals surface area contributed by atoms with Crippen molar-refractivity contribution in [2.24, 2.45) is 0 Å². The summed E-state index contributed by atoms with van der Waals surface area (Å²) in [6.07, 6.45) is 1.86. The van der Waals surface area contributed by atoms with Crippen LogP contribution < -0.4 is 9.80 Å². The molecule has 0 aliphatic rings. The molecular weight excluding hydrogens is 1740 g/mol. The predicted octanol–water partition coefficient (Wildman–Crippen LogP) is 37.1. The van der Waals surface area contributed by atoms with E-state index in [1.807, 2.05) is 35.7 Å². The minimum absolute atomic E-state index is 0.659. The molecule has 8 heteroatoms. The average molecular weight is 1830 g/mol. The van der Waals surface area contributed by atoms with Crippen LogP contribution in [-0.4, -0.2) is 23.7 Å². The Labute approximate surface area is 825 Å². The van der Waals surface area contributed by atoms with Crippen molar-refractivity contribution in [2.75, 3.05) is 9.80 Å². The molecule has 0 spiro atoms. The largest absolute Gasteiger partial charge is 0.311 e. The summed E-state index contributed by atoms with van der Waals surface area (Å²) in [4.78, 5) is 14.6. The molecule has 666 valence electrons. The molecular formula is C134H89N7S. The number of rotatable bonds is 15. The van der Waals surface area contributed by atoms with Crippen molar-refractivity contribution in [3.05, 3.63) is 540 Å². The molecule has 28 rings (SSSR count). The smallest absolute Gasteiger partial charge is 0.235 e. The molecule has 0 unspecified atom stereocenters. The summed E-state index contributed by atoms with van der Waals surface area (Å²) in [5.74, 6) is 0.659. The highest BCUT2D eigenvalue weighted by Crippen LogP contribution is 2.48. The van der Waals surface area contributed by atoms with Crippen LogP contribution in [0.1, 0.15) is 0 Å². The number of hydrogen-bond donors (Lipinski definition) is 0. The molecule has 5 heterocycles. The molecule has 0 atom stereocenters. The molecule has 0 N–H and O–H groups in total. The summed E-state index contributed by atoms with van der Waals surface area (Å²) in [6.45, 7) is 0. The number of thiophene rings is 1. The maximum Gasteiger partial charge on any atom is 0.235 e. The molecule has 0 aliphatic carbocycles. The number of hydrogen-bond acceptors (Lipinski definition) is 5. The van der Waals surface area contributed by atoms with Gasteiger partial charge in [0, 0.05) is 110 Å². The van der Waals surface area contributed by atoms with Gasteiger partial charge in [0.1, 0.15) is 0 Å². The van der Waals surface area contributed by atoms with E-state index >= 15 is 0 Å². The van der Waals surface area contributed by atoms with Gasteiger partial charge in [-0.25, -0.2) is 9.97 Å². The van der Waals surface area contributed by atoms with Crippen LogP contribution in [-0.2, 0) is 0 Å². The van der Waals surface area contributed by atoms with Crippen LogP contribution in [0.5, 0.6) is 0 Å². The molecule has 0 amide bonds. The topological polar surface area (TPSA) is 47.1 Å². The number of nitrogens with zero attached hydrogens (tertiary/aromatic N) is 7. The number of benzene rings is 23. The number of anilines is 6. The van der Waals surface area contributed by atoms with Crippen LogP contribution in [0, 0.1) is 0 Å². The van der Waals surface area contributed by atoms with E-state index < -0.39 is 0 Å². The van der Waals surface area contributed by atoms with Gasteiger partial charge in [0.05, 0.1) is 38.8 Å². The Morgan fingerprint density at radius 3 is 1.06 bits per heavy atom. The zero-order chi connectivity index (χ0) is 93.9. The van der Waals surface area contributed by atoms with E-state index in [9.17, 15) is 0 Å². The average Bonchev–Trinajstić information content (AvgIpc) is 1.57. The lowest BCUT2D eigenvalue weighted by molar-refractivity contribution is 0.992. The first-order valence-electron chi connectivity index (χ1n) is 48.4. The van der Waals surface area contributed by atoms with Crippen molar-refractivity contribution in [3.8, 4) is 84.2 Å². The number of para-hydroxylation sites is 4. The third-order valence-corrected chi connectivity index (χ3v) is 29.2. The zero-order valence-corrected chi connectivity index (χ0v) is 78.2. The van der Waals surface area contributed by atoms with E-state index in [0.29, 0.717) is 5.95 Å². The highest BCUT2D eigenvalue weighted by molar-refractivity contribution is 7.26. The lowest BCUT2D eigenvalue weighted by Crippen LogP contribution is -2.10. The molecule has 7 nitrogen and oxygen atoms in total. The predicted molar refractivity (Wildman–Crippen MR) is 603 cm³/mol. The van der Waals surface area contributed by atoms with Gasteiger partial charge < -0.3 is 18.9 Å². The maximum absolute atomic E-state index is 5.13. The molecule has 0 radical (unpaired) electrons. The van der Waals surface area contributed by atoms with Crippen LogP contribution in [0.15, 0.2) is 540 Å². The molecule has 142 heavy (non-hydrogen) atoms. The fourth-order valence-corrected chi connectivity index (χ4v) is 22.4. The lowest BCUT2D eigenvalue weighted by atomic mass is 9.98. The van der Waals surface area contributed by atoms with Gasteiger partial charge in [-0.1, -0.05) is 370 Å². The normalized spacial score (nSPS) is 11.5. The monoisotopic (exact) mass is 1830 g/mol. The summed E-state index contributed by atoms with van der Waals surface area (Å²) < 4.78 is 9.72. The molecule has 0 aliphatic heterocycles. The van der Waals surface area contributed by atoms with Gasteiger partial charge >= 0.3 is 0 Å². The molecule has 0 bridgehead atoms. The molecule has 0 fully saturated rings. The summed E-state index contributed by atoms with van der Waals surface area (Å²) in [5, 5.41) is 20.4. The molecule has 0 saturated carbocycles. The Kier molecular flexibility index (Phi) is 21.4. The van der Waals surface area contributed by atoms with Gasteiger partial charge in [0.25, 0.3) is 0 Å². The van der Waals surface area contributed by atoms with Crippen LogP contribution in [0.4, 0.5) is 34.1 Å². The second kappa shape index (κ2) is 36.1. The Morgan fingerprint density at radius 1 is 0.183 bits per heavy atom. The second-order valence-electron chi connectivity index (χ2n) is 36.3. The summed E-state index contributed by atoms with van der Waals surface area (Å²) in [5.41, 5.74) is 29.9. The van der Waals surface area contributed by atoms with Crippen molar-refractivity contribution in [3.63, 3.8) is 0 Å². The van der Waals surface area contributed by atoms with Crippen molar-refractivity contribution in [1.29, 1.82) is 0 Å². The third-order valence-electron chi connectivity index (χ3n) is 28.0. The van der Waals surface area contributed by atoms with E-state index in [2.05, 4.69) is 539 Å². The van der Waals surface area contributed by atoms with Gasteiger partial charge in [-0.2, -0.15) is 0 Å². The fourth-order valence-electron chi connectivity index (χ4n) is 21.2. The Bertz CT molecular complexity index is 9540. The standard InChI is InChI=1S/C48H32N2.C46H30N2S.C40H27N3/c1-2-14-39(15-3-1)49(40-24-20-34(21-25-40)38-19-18-33-10-4-5-13-37(33)32-38)41-26-28-42(29-27-41)50-45-30-22-35-11-6-8-16-43(35)47(45)48-44-17-9-7-12-36(44)23-31-46(48)50;1-2-12-35(13-3-1)47(36-22-20-32(21-23-36)34-19-18-31-10-4-5-11-33(31)30-34)37-24-26-38(27-25-37)48-42-16-8-6-15-41(42)45-43(48)29-28-40-39-14-7-9-17-44(39)49-46(40)45;1-3-10-28(11-4-1)30-18-20-31(21-19-30)32-14-9-15-34(26-32)37-24-25-41-40(42-37)43-38-17-8-7-16-35(38)36-23-22-33(27-39(36)43)29-12-5-2-6-13-29/h1-32H;1-30H;1-27H. The summed E-state index contributed by atoms with van der Waals surface area (Å²) in [7, 11) is 0. The van der Waals surface area contributed by atoms with E-state index in [0.717, 1.165) is 73.4 Å². The van der Waals surface area contributed by atoms with E-state index in [-0.39, 0.29) is 0 Å². The van der Waals surface area contributed by atoms with Gasteiger partial charge in [-0.05, 0) is 263 Å². The highest BCUT2D eigenvalue weighted by atomic mass is 32.1. The first-order chi connectivity index (χ1) is 70.4. The quantitative estimate of drug-likeness (QED) is 0.103. The third kappa shape index (κ3) is 15.4. The van der Waals surface area contributed by atoms with Crippen molar-refractivity contribution in [1.82, 2.24) is 23.7 Å². The summed E-state index contributed by atoms with van der Waals surface area (Å²) >= 11 is 1.90. The minimum atomic E-state index is 0.659. The maximum atomic E-state index is 5.13. The highest BCUT2D eigenvalue weighted by Gasteiger charge is 2.24. The molecule has 0 saturated heterocycles. The first-order valence-corrected chi connectivity index (χ1v) is 49.2. The van der Waals surface area contributed by atoms with Crippen molar-refractivity contribution in [2.45, 2.75) is 0 Å². The Balaban J connectivity index is 0.000000109. The first kappa shape index (κ1) is 83.9. The Morgan fingerprint density at radius 2 is 0.521 bits per heavy atom. The summed E-state index contributed by atoms with van der Waals surface area (Å²) in [6, 6.07) is 192. The van der Waals surface area contributed by atoms with Crippen LogP contribution in [0.2, 0.25) is 0 Å². The second-order valence-corrected chi connectivity index (χ2v) is 37.3. The van der Waals surface area contributed by atoms with E-state index in [4.69, 9.17) is 9.97 Å². The number of fused-ring (bicyclic) bond motifs is 19. The van der Waals surface area contributed by atoms with Gasteiger partial charge in [-0.15, -0.1) is 11.3 Å². The van der Waals surface area contributed by atoms with Crippen LogP contribution in [0.25, 0.3) is 213 Å². The Hall–Kier alpha value is -18.6. The van der Waals surface area contributed by atoms with Crippen molar-refractivity contribution >= 4 is 174 Å². The van der Waals surface area contributed by atoms with E-state index in [1.165, 1.54) is 168 Å².